The Hall–Kier alpha value is -3.60. The topological polar surface area (TPSA) is 160 Å². The van der Waals surface area contributed by atoms with Gasteiger partial charge in [0.25, 0.3) is 5.91 Å². The van der Waals surface area contributed by atoms with Gasteiger partial charge in [-0.05, 0) is 84.8 Å². The molecule has 2 atom stereocenters. The summed E-state index contributed by atoms with van der Waals surface area (Å²) >= 11 is 0. The number of hydrogen-bond acceptors (Lipinski definition) is 7. The van der Waals surface area contributed by atoms with Crippen molar-refractivity contribution in [1.29, 1.82) is 0 Å². The number of carbonyl (C=O) groups is 6. The second-order valence-corrected chi connectivity index (χ2v) is 14.9. The maximum atomic E-state index is 12.9. The number of nitrogens with one attached hydrogen (secondary N) is 4. The van der Waals surface area contributed by atoms with Crippen LogP contribution >= 0.6 is 0 Å². The highest BCUT2D eigenvalue weighted by molar-refractivity contribution is 6.00. The molecule has 1 aromatic rings. The van der Waals surface area contributed by atoms with Crippen molar-refractivity contribution < 1.29 is 33.5 Å². The van der Waals surface area contributed by atoms with Gasteiger partial charge in [-0.2, -0.15) is 0 Å². The summed E-state index contributed by atoms with van der Waals surface area (Å²) in [7, 11) is 0. The van der Waals surface area contributed by atoms with E-state index in [2.05, 4.69) is 42.0 Å². The fourth-order valence-electron chi connectivity index (χ4n) is 4.79. The molecule has 0 heterocycles. The molecular formula is C40H70N4O7. The van der Waals surface area contributed by atoms with E-state index in [9.17, 15) is 28.8 Å². The van der Waals surface area contributed by atoms with Gasteiger partial charge in [-0.3, -0.25) is 28.8 Å². The Labute approximate surface area is 308 Å². The standard InChI is InChI=1S/C27H44N2O4.C11H20N2O3.C2H6/c1-9-10-22(17-19(2)3)24(31)20-11-13-21(14-12-20)25(32)28-18-23(30)29-27(7,8)15-16-33-26(4,5)6;1-5-9(15)13-10(7(2)3)11(16)12-6-8(4)14;1-2/h11-14,19,22H,9-10,15-18H2,1-8H3,(H,28,32)(H,29,30);7,10H,5-6H2,1-4H3,(H,12,16)(H,13,15);1-2H3. The van der Waals surface area contributed by atoms with Crippen LogP contribution in [0.1, 0.15) is 150 Å². The third-order valence-electron chi connectivity index (χ3n) is 7.44. The van der Waals surface area contributed by atoms with Crippen molar-refractivity contribution in [2.24, 2.45) is 17.8 Å². The average Bonchev–Trinajstić information content (AvgIpc) is 3.04. The van der Waals surface area contributed by atoms with E-state index in [-0.39, 0.29) is 65.7 Å². The van der Waals surface area contributed by atoms with Crippen molar-refractivity contribution >= 4 is 35.2 Å². The van der Waals surface area contributed by atoms with Crippen LogP contribution in [0.5, 0.6) is 0 Å². The summed E-state index contributed by atoms with van der Waals surface area (Å²) in [4.78, 5) is 71.2. The molecule has 11 nitrogen and oxygen atoms in total. The zero-order valence-corrected chi connectivity index (χ0v) is 34.1. The zero-order chi connectivity index (χ0) is 39.9. The summed E-state index contributed by atoms with van der Waals surface area (Å²) < 4.78 is 5.73. The number of hydrogen-bond donors (Lipinski definition) is 4. The van der Waals surface area contributed by atoms with Crippen LogP contribution < -0.4 is 21.3 Å². The lowest BCUT2D eigenvalue weighted by atomic mass is 9.86. The van der Waals surface area contributed by atoms with Gasteiger partial charge in [0.2, 0.25) is 17.7 Å². The first-order chi connectivity index (χ1) is 23.6. The van der Waals surface area contributed by atoms with Crippen molar-refractivity contribution in [3.8, 4) is 0 Å². The Bertz CT molecular complexity index is 1220. The van der Waals surface area contributed by atoms with E-state index in [0.717, 1.165) is 19.3 Å². The number of ether oxygens (including phenoxy) is 1. The highest BCUT2D eigenvalue weighted by Crippen LogP contribution is 2.22. The summed E-state index contributed by atoms with van der Waals surface area (Å²) in [6.45, 7) is 27.4. The van der Waals surface area contributed by atoms with Crippen molar-refractivity contribution in [2.45, 2.75) is 146 Å². The monoisotopic (exact) mass is 719 g/mol. The molecule has 0 spiro atoms. The molecule has 0 aliphatic rings. The minimum atomic E-state index is -0.577. The molecule has 0 radical (unpaired) electrons. The van der Waals surface area contributed by atoms with E-state index >= 15 is 0 Å². The number of carbonyl (C=O) groups excluding carboxylic acids is 6. The second kappa shape index (κ2) is 25.4. The van der Waals surface area contributed by atoms with Gasteiger partial charge in [-0.25, -0.2) is 0 Å². The molecular weight excluding hydrogens is 648 g/mol. The van der Waals surface area contributed by atoms with Crippen molar-refractivity contribution in [1.82, 2.24) is 21.3 Å². The summed E-state index contributed by atoms with van der Waals surface area (Å²) in [6, 6.07) is 6.13. The van der Waals surface area contributed by atoms with Gasteiger partial charge in [0, 0.05) is 35.6 Å². The number of benzene rings is 1. The average molecular weight is 719 g/mol. The first-order valence-electron chi connectivity index (χ1n) is 18.6. The number of amides is 4. The minimum absolute atomic E-state index is 0.00402. The first-order valence-corrected chi connectivity index (χ1v) is 18.6. The van der Waals surface area contributed by atoms with Gasteiger partial charge >= 0.3 is 0 Å². The lowest BCUT2D eigenvalue weighted by Crippen LogP contribution is -2.50. The smallest absolute Gasteiger partial charge is 0.251 e. The number of rotatable bonds is 19. The maximum absolute atomic E-state index is 12.9. The number of Topliss-reactive ketones (excluding diaryl/α,β-unsaturated/α-hetero) is 2. The van der Waals surface area contributed by atoms with Gasteiger partial charge in [-0.15, -0.1) is 0 Å². The molecule has 11 heteroatoms. The lowest BCUT2D eigenvalue weighted by Gasteiger charge is -2.28. The third-order valence-corrected chi connectivity index (χ3v) is 7.44. The highest BCUT2D eigenvalue weighted by Gasteiger charge is 2.24. The number of ketones is 2. The molecule has 0 aliphatic carbocycles. The van der Waals surface area contributed by atoms with Crippen LogP contribution in [0.25, 0.3) is 0 Å². The lowest BCUT2D eigenvalue weighted by molar-refractivity contribution is -0.130. The van der Waals surface area contributed by atoms with Gasteiger partial charge in [-0.1, -0.05) is 73.9 Å². The van der Waals surface area contributed by atoms with Crippen molar-refractivity contribution in [3.05, 3.63) is 35.4 Å². The zero-order valence-electron chi connectivity index (χ0n) is 34.1. The first kappa shape index (κ1) is 49.5. The molecule has 0 aliphatic heterocycles. The van der Waals surface area contributed by atoms with Crippen LogP contribution in [-0.4, -0.2) is 72.1 Å². The van der Waals surface area contributed by atoms with Gasteiger partial charge in [0.15, 0.2) is 5.78 Å². The molecule has 0 fully saturated rings. The van der Waals surface area contributed by atoms with Crippen LogP contribution in [0.15, 0.2) is 24.3 Å². The SMILES string of the molecule is CC.CCC(=O)NC(C(=O)NCC(C)=O)C(C)C.CCCC(CC(C)C)C(=O)c1ccc(C(=O)NCC(=O)NC(C)(C)CCOC(C)(C)C)cc1. The molecule has 0 saturated carbocycles. The Morgan fingerprint density at radius 3 is 1.78 bits per heavy atom. The predicted molar refractivity (Wildman–Crippen MR) is 206 cm³/mol. The van der Waals surface area contributed by atoms with Crippen LogP contribution in [-0.2, 0) is 23.9 Å². The van der Waals surface area contributed by atoms with Gasteiger partial charge < -0.3 is 26.0 Å². The minimum Gasteiger partial charge on any atom is -0.376 e. The Morgan fingerprint density at radius 1 is 0.784 bits per heavy atom. The third kappa shape index (κ3) is 23.5. The van der Waals surface area contributed by atoms with Crippen LogP contribution in [0.4, 0.5) is 0 Å². The fourth-order valence-corrected chi connectivity index (χ4v) is 4.79. The summed E-state index contributed by atoms with van der Waals surface area (Å²) in [6.07, 6.45) is 3.69. The molecule has 1 rings (SSSR count). The van der Waals surface area contributed by atoms with Crippen LogP contribution in [0.3, 0.4) is 0 Å². The Morgan fingerprint density at radius 2 is 1.33 bits per heavy atom. The fraction of sp³-hybridized carbons (Fsp3) is 0.700. The van der Waals surface area contributed by atoms with E-state index in [1.54, 1.807) is 31.2 Å². The molecule has 2 unspecified atom stereocenters. The van der Waals surface area contributed by atoms with Gasteiger partial charge in [0.05, 0.1) is 18.7 Å². The van der Waals surface area contributed by atoms with Crippen LogP contribution in [0, 0.1) is 17.8 Å². The highest BCUT2D eigenvalue weighted by atomic mass is 16.5. The summed E-state index contributed by atoms with van der Waals surface area (Å²) in [5, 5.41) is 10.7. The molecule has 0 aromatic heterocycles. The molecule has 0 saturated heterocycles. The van der Waals surface area contributed by atoms with Crippen molar-refractivity contribution in [2.75, 3.05) is 19.7 Å². The molecule has 4 amide bonds. The summed E-state index contributed by atoms with van der Waals surface area (Å²) in [5.74, 6) is -0.608. The molecule has 4 N–H and O–H groups in total. The van der Waals surface area contributed by atoms with E-state index in [1.165, 1.54) is 6.92 Å². The van der Waals surface area contributed by atoms with Crippen LogP contribution in [0.2, 0.25) is 0 Å². The quantitative estimate of drug-likeness (QED) is 0.120. The molecule has 1 aromatic carbocycles. The normalized spacial score (nSPS) is 12.3. The Balaban J connectivity index is 0. The molecule has 292 valence electrons. The van der Waals surface area contributed by atoms with E-state index in [4.69, 9.17) is 4.74 Å². The van der Waals surface area contributed by atoms with E-state index < -0.39 is 11.6 Å². The predicted octanol–water partition coefficient (Wildman–Crippen LogP) is 6.43. The van der Waals surface area contributed by atoms with Gasteiger partial charge in [0.1, 0.15) is 11.8 Å². The largest absolute Gasteiger partial charge is 0.376 e. The van der Waals surface area contributed by atoms with Crippen molar-refractivity contribution in [3.63, 3.8) is 0 Å². The summed E-state index contributed by atoms with van der Waals surface area (Å²) in [5.41, 5.74) is 0.385. The maximum Gasteiger partial charge on any atom is 0.251 e. The molecule has 0 bridgehead atoms. The van der Waals surface area contributed by atoms with E-state index in [0.29, 0.717) is 36.5 Å². The second-order valence-electron chi connectivity index (χ2n) is 14.9. The Kier molecular flexibility index (Phi) is 24.6. The molecule has 51 heavy (non-hydrogen) atoms. The van der Waals surface area contributed by atoms with E-state index in [1.807, 2.05) is 62.3 Å².